The number of aromatic nitrogens is 2. The molecule has 0 saturated carbocycles. The number of pyridine rings is 2. The first kappa shape index (κ1) is 13.3. The van der Waals surface area contributed by atoms with E-state index in [0.29, 0.717) is 0 Å². The van der Waals surface area contributed by atoms with Crippen LogP contribution in [0.25, 0.3) is 0 Å². The number of anilines is 1. The molecule has 0 aromatic carbocycles. The molecule has 0 bridgehead atoms. The molecule has 1 atom stereocenters. The summed E-state index contributed by atoms with van der Waals surface area (Å²) >= 11 is 0. The lowest BCUT2D eigenvalue weighted by molar-refractivity contribution is -0.141. The first-order valence-corrected chi connectivity index (χ1v) is 5.68. The zero-order valence-electron chi connectivity index (χ0n) is 10.1. The second kappa shape index (κ2) is 5.26. The Hall–Kier alpha value is -2.11. The van der Waals surface area contributed by atoms with Crippen molar-refractivity contribution in [3.05, 3.63) is 54.0 Å². The summed E-state index contributed by atoms with van der Waals surface area (Å²) in [6.07, 6.45) is -2.81. The van der Waals surface area contributed by atoms with E-state index in [2.05, 4.69) is 15.3 Å². The van der Waals surface area contributed by atoms with Crippen LogP contribution < -0.4 is 5.32 Å². The summed E-state index contributed by atoms with van der Waals surface area (Å²) in [5.74, 6) is 0.174. The van der Waals surface area contributed by atoms with Crippen LogP contribution in [0.5, 0.6) is 0 Å². The number of halogens is 3. The fraction of sp³-hybridized carbons (Fsp3) is 0.231. The van der Waals surface area contributed by atoms with Gasteiger partial charge in [0.15, 0.2) is 0 Å². The number of hydrogen-bond acceptors (Lipinski definition) is 3. The molecule has 2 heterocycles. The van der Waals surface area contributed by atoms with Crippen LogP contribution in [0.2, 0.25) is 0 Å². The van der Waals surface area contributed by atoms with Gasteiger partial charge in [-0.3, -0.25) is 4.98 Å². The summed E-state index contributed by atoms with van der Waals surface area (Å²) in [7, 11) is 0. The Morgan fingerprint density at radius 3 is 2.53 bits per heavy atom. The third-order valence-electron chi connectivity index (χ3n) is 2.54. The highest BCUT2D eigenvalue weighted by molar-refractivity contribution is 5.38. The maximum absolute atomic E-state index is 12.5. The van der Waals surface area contributed by atoms with E-state index in [-0.39, 0.29) is 11.9 Å². The molecule has 0 radical (unpaired) electrons. The highest BCUT2D eigenvalue weighted by Gasteiger charge is 2.32. The summed E-state index contributed by atoms with van der Waals surface area (Å²) in [5, 5.41) is 2.90. The Morgan fingerprint density at radius 1 is 1.11 bits per heavy atom. The topological polar surface area (TPSA) is 37.8 Å². The van der Waals surface area contributed by atoms with Crippen molar-refractivity contribution in [3.8, 4) is 0 Å². The summed E-state index contributed by atoms with van der Waals surface area (Å²) in [6, 6.07) is 8.93. The average Bonchev–Trinajstić information content (AvgIpc) is 2.39. The van der Waals surface area contributed by atoms with Gasteiger partial charge in [0, 0.05) is 6.20 Å². The second-order valence-electron chi connectivity index (χ2n) is 4.03. The highest BCUT2D eigenvalue weighted by atomic mass is 19.4. The Bertz CT molecular complexity index is 540. The summed E-state index contributed by atoms with van der Waals surface area (Å²) < 4.78 is 37.6. The minimum Gasteiger partial charge on any atom is -0.362 e. The molecule has 2 aromatic rings. The number of nitrogens with zero attached hydrogens (tertiary/aromatic N) is 2. The molecule has 0 saturated heterocycles. The van der Waals surface area contributed by atoms with Gasteiger partial charge >= 0.3 is 6.18 Å². The van der Waals surface area contributed by atoms with Gasteiger partial charge in [0.05, 0.1) is 11.7 Å². The van der Waals surface area contributed by atoms with Gasteiger partial charge in [0.2, 0.25) is 0 Å². The zero-order chi connectivity index (χ0) is 13.9. The van der Waals surface area contributed by atoms with Crippen LogP contribution in [0.3, 0.4) is 0 Å². The average molecular weight is 267 g/mol. The van der Waals surface area contributed by atoms with E-state index >= 15 is 0 Å². The van der Waals surface area contributed by atoms with Gasteiger partial charge < -0.3 is 5.32 Å². The SMILES string of the molecule is CC(Nc1cccc(C(F)(F)F)n1)c1ccccn1. The van der Waals surface area contributed by atoms with Crippen LogP contribution >= 0.6 is 0 Å². The minimum absolute atomic E-state index is 0.174. The first-order chi connectivity index (χ1) is 8.97. The van der Waals surface area contributed by atoms with Gasteiger partial charge in [-0.05, 0) is 31.2 Å². The molecule has 0 amide bonds. The molecular formula is C13H12F3N3. The van der Waals surface area contributed by atoms with Crippen molar-refractivity contribution in [2.45, 2.75) is 19.1 Å². The Kier molecular flexibility index (Phi) is 3.69. The zero-order valence-corrected chi connectivity index (χ0v) is 10.1. The smallest absolute Gasteiger partial charge is 0.362 e. The normalized spacial score (nSPS) is 13.1. The Morgan fingerprint density at radius 2 is 1.89 bits per heavy atom. The van der Waals surface area contributed by atoms with Crippen molar-refractivity contribution >= 4 is 5.82 Å². The van der Waals surface area contributed by atoms with Gasteiger partial charge in [0.1, 0.15) is 11.5 Å². The molecule has 0 fully saturated rings. The molecule has 2 aromatic heterocycles. The second-order valence-corrected chi connectivity index (χ2v) is 4.03. The molecular weight excluding hydrogens is 255 g/mol. The number of alkyl halides is 3. The van der Waals surface area contributed by atoms with E-state index in [1.165, 1.54) is 12.1 Å². The van der Waals surface area contributed by atoms with Crippen molar-refractivity contribution in [2.24, 2.45) is 0 Å². The predicted molar refractivity (Wildman–Crippen MR) is 65.5 cm³/mol. The van der Waals surface area contributed by atoms with Gasteiger partial charge in [-0.25, -0.2) is 4.98 Å². The molecule has 2 rings (SSSR count). The predicted octanol–water partition coefficient (Wildman–Crippen LogP) is 3.67. The van der Waals surface area contributed by atoms with E-state index in [0.717, 1.165) is 11.8 Å². The van der Waals surface area contributed by atoms with Crippen LogP contribution in [-0.2, 0) is 6.18 Å². The van der Waals surface area contributed by atoms with Crippen molar-refractivity contribution in [2.75, 3.05) is 5.32 Å². The third kappa shape index (κ3) is 3.43. The highest BCUT2D eigenvalue weighted by Crippen LogP contribution is 2.28. The Labute approximate surface area is 108 Å². The van der Waals surface area contributed by atoms with Gasteiger partial charge in [-0.15, -0.1) is 0 Å². The first-order valence-electron chi connectivity index (χ1n) is 5.68. The van der Waals surface area contributed by atoms with Crippen molar-refractivity contribution in [3.63, 3.8) is 0 Å². The molecule has 0 spiro atoms. The lowest BCUT2D eigenvalue weighted by atomic mass is 10.2. The molecule has 1 unspecified atom stereocenters. The summed E-state index contributed by atoms with van der Waals surface area (Å²) in [5.41, 5.74) is -0.174. The van der Waals surface area contributed by atoms with Crippen LogP contribution in [0, 0.1) is 0 Å². The van der Waals surface area contributed by atoms with E-state index in [4.69, 9.17) is 0 Å². The fourth-order valence-electron chi connectivity index (χ4n) is 1.60. The molecule has 19 heavy (non-hydrogen) atoms. The summed E-state index contributed by atoms with van der Waals surface area (Å²) in [4.78, 5) is 7.68. The molecule has 100 valence electrons. The van der Waals surface area contributed by atoms with Gasteiger partial charge in [0.25, 0.3) is 0 Å². The lowest BCUT2D eigenvalue weighted by Crippen LogP contribution is -2.13. The molecule has 1 N–H and O–H groups in total. The van der Waals surface area contributed by atoms with E-state index in [1.807, 2.05) is 13.0 Å². The largest absolute Gasteiger partial charge is 0.433 e. The lowest BCUT2D eigenvalue weighted by Gasteiger charge is -2.15. The standard InChI is InChI=1S/C13H12F3N3/c1-9(10-5-2-3-8-17-10)18-12-7-4-6-11(19-12)13(14,15)16/h2-9H,1H3,(H,18,19). The molecule has 0 aliphatic rings. The Balaban J connectivity index is 2.16. The van der Waals surface area contributed by atoms with Crippen molar-refractivity contribution < 1.29 is 13.2 Å². The molecule has 0 aliphatic carbocycles. The molecule has 3 nitrogen and oxygen atoms in total. The number of hydrogen-bond donors (Lipinski definition) is 1. The number of nitrogens with one attached hydrogen (secondary N) is 1. The maximum atomic E-state index is 12.5. The third-order valence-corrected chi connectivity index (χ3v) is 2.54. The van der Waals surface area contributed by atoms with E-state index < -0.39 is 11.9 Å². The number of rotatable bonds is 3. The minimum atomic E-state index is -4.44. The van der Waals surface area contributed by atoms with Crippen LogP contribution in [0.4, 0.5) is 19.0 Å². The molecule has 6 heteroatoms. The van der Waals surface area contributed by atoms with Gasteiger partial charge in [-0.1, -0.05) is 12.1 Å². The van der Waals surface area contributed by atoms with Crippen LogP contribution in [0.15, 0.2) is 42.6 Å². The monoisotopic (exact) mass is 267 g/mol. The summed E-state index contributed by atoms with van der Waals surface area (Å²) in [6.45, 7) is 1.81. The molecule has 0 aliphatic heterocycles. The van der Waals surface area contributed by atoms with Crippen LogP contribution in [0.1, 0.15) is 24.4 Å². The van der Waals surface area contributed by atoms with Crippen molar-refractivity contribution in [1.82, 2.24) is 9.97 Å². The van der Waals surface area contributed by atoms with Crippen LogP contribution in [-0.4, -0.2) is 9.97 Å². The fourth-order valence-corrected chi connectivity index (χ4v) is 1.60. The van der Waals surface area contributed by atoms with Crippen molar-refractivity contribution in [1.29, 1.82) is 0 Å². The maximum Gasteiger partial charge on any atom is 0.433 e. The van der Waals surface area contributed by atoms with E-state index in [9.17, 15) is 13.2 Å². The van der Waals surface area contributed by atoms with Gasteiger partial charge in [-0.2, -0.15) is 13.2 Å². The quantitative estimate of drug-likeness (QED) is 0.922. The van der Waals surface area contributed by atoms with E-state index in [1.54, 1.807) is 18.3 Å².